The Bertz CT molecular complexity index is 1030. The van der Waals surface area contributed by atoms with Crippen molar-refractivity contribution in [2.75, 3.05) is 0 Å². The van der Waals surface area contributed by atoms with Crippen molar-refractivity contribution >= 4 is 35.0 Å². The zero-order valence-electron chi connectivity index (χ0n) is 14.0. The van der Waals surface area contributed by atoms with Crippen LogP contribution in [-0.4, -0.2) is 24.7 Å². The van der Waals surface area contributed by atoms with E-state index in [0.717, 1.165) is 16.4 Å². The molecule has 0 atom stereocenters. The summed E-state index contributed by atoms with van der Waals surface area (Å²) in [4.78, 5) is 8.49. The maximum absolute atomic E-state index is 6.29. The van der Waals surface area contributed by atoms with Crippen LogP contribution in [0.15, 0.2) is 72.3 Å². The van der Waals surface area contributed by atoms with E-state index in [9.17, 15) is 0 Å². The number of halogens is 2. The molecule has 0 amide bonds. The Hall–Kier alpha value is -2.41. The number of nitrogens with zero attached hydrogens (tertiary/aromatic N) is 5. The van der Waals surface area contributed by atoms with E-state index in [1.54, 1.807) is 18.6 Å². The fourth-order valence-electron chi connectivity index (χ4n) is 2.56. The SMILES string of the molecule is Clc1cccc(Cl)c1CSc1nnc(-c2cnccn2)n1-c1ccccc1. The third-order valence-electron chi connectivity index (χ3n) is 3.85. The lowest BCUT2D eigenvalue weighted by atomic mass is 10.2. The molecule has 0 aliphatic carbocycles. The second-order valence-electron chi connectivity index (χ2n) is 5.56. The van der Waals surface area contributed by atoms with Gasteiger partial charge in [0, 0.05) is 33.9 Å². The van der Waals surface area contributed by atoms with E-state index >= 15 is 0 Å². The average molecular weight is 414 g/mol. The third kappa shape index (κ3) is 3.83. The molecule has 0 saturated carbocycles. The van der Waals surface area contributed by atoms with Gasteiger partial charge in [-0.1, -0.05) is 59.2 Å². The van der Waals surface area contributed by atoms with Gasteiger partial charge in [-0.2, -0.15) is 0 Å². The fraction of sp³-hybridized carbons (Fsp3) is 0.0526. The highest BCUT2D eigenvalue weighted by Crippen LogP contribution is 2.33. The van der Waals surface area contributed by atoms with Crippen LogP contribution >= 0.6 is 35.0 Å². The monoisotopic (exact) mass is 413 g/mol. The first-order valence-electron chi connectivity index (χ1n) is 8.07. The zero-order chi connectivity index (χ0) is 18.6. The Kier molecular flexibility index (Phi) is 5.38. The van der Waals surface area contributed by atoms with Gasteiger partial charge in [-0.05, 0) is 29.8 Å². The molecule has 0 bridgehead atoms. The first-order valence-corrected chi connectivity index (χ1v) is 9.81. The van der Waals surface area contributed by atoms with Crippen LogP contribution in [0.2, 0.25) is 10.0 Å². The summed E-state index contributed by atoms with van der Waals surface area (Å²) in [6, 6.07) is 15.4. The van der Waals surface area contributed by atoms with Crippen LogP contribution in [0.5, 0.6) is 0 Å². The van der Waals surface area contributed by atoms with Crippen LogP contribution < -0.4 is 0 Å². The number of aromatic nitrogens is 5. The van der Waals surface area contributed by atoms with Gasteiger partial charge in [-0.3, -0.25) is 9.55 Å². The summed E-state index contributed by atoms with van der Waals surface area (Å²) in [5.41, 5.74) is 2.46. The van der Waals surface area contributed by atoms with Crippen LogP contribution in [0.4, 0.5) is 0 Å². The fourth-order valence-corrected chi connectivity index (χ4v) is 4.25. The number of benzene rings is 2. The highest BCUT2D eigenvalue weighted by Gasteiger charge is 2.18. The quantitative estimate of drug-likeness (QED) is 0.414. The number of thioether (sulfide) groups is 1. The summed E-state index contributed by atoms with van der Waals surface area (Å²) in [6.07, 6.45) is 4.93. The van der Waals surface area contributed by atoms with Gasteiger partial charge in [0.05, 0.1) is 6.20 Å². The van der Waals surface area contributed by atoms with E-state index in [1.807, 2.05) is 53.1 Å². The summed E-state index contributed by atoms with van der Waals surface area (Å²) < 4.78 is 1.96. The van der Waals surface area contributed by atoms with Crippen molar-refractivity contribution in [3.8, 4) is 17.2 Å². The Morgan fingerprint density at radius 2 is 1.67 bits per heavy atom. The van der Waals surface area contributed by atoms with E-state index < -0.39 is 0 Å². The van der Waals surface area contributed by atoms with Gasteiger partial charge >= 0.3 is 0 Å². The van der Waals surface area contributed by atoms with Crippen LogP contribution in [0.25, 0.3) is 17.2 Å². The molecule has 5 nitrogen and oxygen atoms in total. The predicted octanol–water partition coefficient (Wildman–Crippen LogP) is 5.32. The normalized spacial score (nSPS) is 10.9. The Balaban J connectivity index is 1.74. The van der Waals surface area contributed by atoms with Crippen molar-refractivity contribution in [1.29, 1.82) is 0 Å². The maximum atomic E-state index is 6.29. The minimum absolute atomic E-state index is 0.573. The summed E-state index contributed by atoms with van der Waals surface area (Å²) in [6.45, 7) is 0. The molecule has 0 radical (unpaired) electrons. The van der Waals surface area contributed by atoms with E-state index in [0.29, 0.717) is 27.3 Å². The molecule has 0 unspecified atom stereocenters. The Morgan fingerprint density at radius 3 is 2.37 bits per heavy atom. The van der Waals surface area contributed by atoms with E-state index in [4.69, 9.17) is 23.2 Å². The Morgan fingerprint density at radius 1 is 0.889 bits per heavy atom. The first kappa shape index (κ1) is 18.0. The molecule has 0 fully saturated rings. The highest BCUT2D eigenvalue weighted by atomic mass is 35.5. The van der Waals surface area contributed by atoms with Gasteiger partial charge in [-0.25, -0.2) is 4.98 Å². The molecular formula is C19H13Cl2N5S. The second kappa shape index (κ2) is 8.08. The van der Waals surface area contributed by atoms with Gasteiger partial charge in [0.15, 0.2) is 11.0 Å². The second-order valence-corrected chi connectivity index (χ2v) is 7.31. The zero-order valence-corrected chi connectivity index (χ0v) is 16.3. The minimum Gasteiger partial charge on any atom is -0.269 e. The lowest BCUT2D eigenvalue weighted by molar-refractivity contribution is 0.884. The molecule has 0 N–H and O–H groups in total. The average Bonchev–Trinajstić information content (AvgIpc) is 3.13. The molecule has 2 aromatic carbocycles. The van der Waals surface area contributed by atoms with Crippen molar-refractivity contribution in [1.82, 2.24) is 24.7 Å². The number of rotatable bonds is 5. The number of hydrogen-bond donors (Lipinski definition) is 0. The third-order valence-corrected chi connectivity index (χ3v) is 5.51. The smallest absolute Gasteiger partial charge is 0.196 e. The largest absolute Gasteiger partial charge is 0.269 e. The Labute approximate surface area is 170 Å². The van der Waals surface area contributed by atoms with Crippen LogP contribution in [0.3, 0.4) is 0 Å². The number of hydrogen-bond acceptors (Lipinski definition) is 5. The molecule has 0 aliphatic rings. The van der Waals surface area contributed by atoms with Crippen molar-refractivity contribution in [2.24, 2.45) is 0 Å². The lowest BCUT2D eigenvalue weighted by Crippen LogP contribution is -2.01. The van der Waals surface area contributed by atoms with Gasteiger partial charge < -0.3 is 0 Å². The van der Waals surface area contributed by atoms with Gasteiger partial charge in [0.25, 0.3) is 0 Å². The molecule has 4 rings (SSSR count). The van der Waals surface area contributed by atoms with Gasteiger partial charge in [0.1, 0.15) is 5.69 Å². The van der Waals surface area contributed by atoms with Crippen molar-refractivity contribution < 1.29 is 0 Å². The predicted molar refractivity (Wildman–Crippen MR) is 108 cm³/mol. The highest BCUT2D eigenvalue weighted by molar-refractivity contribution is 7.98. The summed E-state index contributed by atoms with van der Waals surface area (Å²) in [7, 11) is 0. The maximum Gasteiger partial charge on any atom is 0.196 e. The lowest BCUT2D eigenvalue weighted by Gasteiger charge is -2.10. The molecule has 0 aliphatic heterocycles. The van der Waals surface area contributed by atoms with Crippen molar-refractivity contribution in [2.45, 2.75) is 10.9 Å². The van der Waals surface area contributed by atoms with Crippen LogP contribution in [-0.2, 0) is 5.75 Å². The van der Waals surface area contributed by atoms with Gasteiger partial charge in [0.2, 0.25) is 0 Å². The van der Waals surface area contributed by atoms with Crippen LogP contribution in [0.1, 0.15) is 5.56 Å². The molecule has 2 aromatic heterocycles. The standard InChI is InChI=1S/C19H13Cl2N5S/c20-15-7-4-8-16(21)14(15)12-27-19-25-24-18(17-11-22-9-10-23-17)26(19)13-5-2-1-3-6-13/h1-11H,12H2. The molecular weight excluding hydrogens is 401 g/mol. The molecule has 2 heterocycles. The van der Waals surface area contributed by atoms with E-state index in [1.165, 1.54) is 11.8 Å². The molecule has 0 spiro atoms. The minimum atomic E-state index is 0.573. The van der Waals surface area contributed by atoms with Crippen molar-refractivity contribution in [3.63, 3.8) is 0 Å². The van der Waals surface area contributed by atoms with Gasteiger partial charge in [-0.15, -0.1) is 10.2 Å². The molecule has 4 aromatic rings. The first-order chi connectivity index (χ1) is 13.2. The number of para-hydroxylation sites is 1. The van der Waals surface area contributed by atoms with Crippen molar-refractivity contribution in [3.05, 3.63) is 82.7 Å². The summed E-state index contributed by atoms with van der Waals surface area (Å²) in [5, 5.41) is 10.7. The summed E-state index contributed by atoms with van der Waals surface area (Å²) >= 11 is 14.1. The topological polar surface area (TPSA) is 56.5 Å². The molecule has 0 saturated heterocycles. The van der Waals surface area contributed by atoms with Crippen LogP contribution in [0, 0.1) is 0 Å². The van der Waals surface area contributed by atoms with E-state index in [-0.39, 0.29) is 0 Å². The van der Waals surface area contributed by atoms with E-state index in [2.05, 4.69) is 20.2 Å². The molecule has 8 heteroatoms. The molecule has 27 heavy (non-hydrogen) atoms. The summed E-state index contributed by atoms with van der Waals surface area (Å²) in [5.74, 6) is 1.20. The molecule has 134 valence electrons.